The van der Waals surface area contributed by atoms with Crippen molar-refractivity contribution >= 4 is 15.9 Å². The van der Waals surface area contributed by atoms with E-state index in [1.54, 1.807) is 12.4 Å². The summed E-state index contributed by atoms with van der Waals surface area (Å²) in [5.41, 5.74) is 6.74. The lowest BCUT2D eigenvalue weighted by atomic mass is 9.87. The van der Waals surface area contributed by atoms with Crippen LogP contribution in [0.15, 0.2) is 27.5 Å². The Balaban J connectivity index is 2.31. The summed E-state index contributed by atoms with van der Waals surface area (Å²) >= 11 is 3.35. The van der Waals surface area contributed by atoms with Crippen LogP contribution in [0.5, 0.6) is 0 Å². The Morgan fingerprint density at radius 3 is 2.67 bits per heavy atom. The topological polar surface area (TPSA) is 77.8 Å². The molecule has 96 valence electrons. The first-order chi connectivity index (χ1) is 8.38. The van der Waals surface area contributed by atoms with Crippen molar-refractivity contribution in [1.82, 2.24) is 15.1 Å². The molecule has 0 radical (unpaired) electrons. The van der Waals surface area contributed by atoms with Gasteiger partial charge < -0.3 is 10.3 Å². The zero-order valence-corrected chi connectivity index (χ0v) is 12.1. The molecule has 0 unspecified atom stereocenters. The van der Waals surface area contributed by atoms with Crippen LogP contribution >= 0.6 is 15.9 Å². The smallest absolute Gasteiger partial charge is 0.244 e. The average Bonchev–Trinajstić information content (AvgIpc) is 2.75. The summed E-state index contributed by atoms with van der Waals surface area (Å²) in [7, 11) is 0. The fourth-order valence-corrected chi connectivity index (χ4v) is 1.75. The summed E-state index contributed by atoms with van der Waals surface area (Å²) in [6.07, 6.45) is 3.38. The molecule has 0 saturated carbocycles. The second-order valence-electron chi connectivity index (χ2n) is 5.19. The van der Waals surface area contributed by atoms with Gasteiger partial charge in [0.05, 0.1) is 6.04 Å². The van der Waals surface area contributed by atoms with Crippen LogP contribution < -0.4 is 5.73 Å². The molecule has 0 aromatic carbocycles. The maximum Gasteiger partial charge on any atom is 0.244 e. The Hall–Kier alpha value is -1.27. The van der Waals surface area contributed by atoms with Gasteiger partial charge in [-0.15, -0.1) is 0 Å². The number of hydrogen-bond donors (Lipinski definition) is 1. The molecule has 0 aliphatic rings. The first kappa shape index (κ1) is 13.2. The molecule has 2 rings (SSSR count). The maximum atomic E-state index is 6.07. The van der Waals surface area contributed by atoms with E-state index in [2.05, 4.69) is 31.1 Å². The van der Waals surface area contributed by atoms with Crippen LogP contribution in [-0.4, -0.2) is 15.1 Å². The van der Waals surface area contributed by atoms with Gasteiger partial charge in [0.15, 0.2) is 0 Å². The van der Waals surface area contributed by atoms with E-state index in [9.17, 15) is 0 Å². The molecule has 1 atom stereocenters. The van der Waals surface area contributed by atoms with E-state index >= 15 is 0 Å². The number of rotatable bonds is 2. The predicted molar refractivity (Wildman–Crippen MR) is 71.6 cm³/mol. The number of hydrogen-bond acceptors (Lipinski definition) is 5. The number of pyridine rings is 1. The van der Waals surface area contributed by atoms with Crippen molar-refractivity contribution in [2.24, 2.45) is 11.1 Å². The van der Waals surface area contributed by atoms with Gasteiger partial charge in [-0.3, -0.25) is 4.98 Å². The molecule has 2 aromatic heterocycles. The fraction of sp³-hybridized carbons (Fsp3) is 0.417. The Morgan fingerprint density at radius 1 is 1.33 bits per heavy atom. The number of aromatic nitrogens is 3. The quantitative estimate of drug-likeness (QED) is 0.922. The lowest BCUT2D eigenvalue weighted by Crippen LogP contribution is -2.26. The number of nitrogens with two attached hydrogens (primary N) is 1. The van der Waals surface area contributed by atoms with Crippen LogP contribution in [0.2, 0.25) is 0 Å². The zero-order valence-electron chi connectivity index (χ0n) is 10.5. The summed E-state index contributed by atoms with van der Waals surface area (Å²) < 4.78 is 6.09. The molecule has 0 aliphatic heterocycles. The van der Waals surface area contributed by atoms with Gasteiger partial charge in [0.2, 0.25) is 11.7 Å². The molecule has 2 aromatic rings. The van der Waals surface area contributed by atoms with Crippen molar-refractivity contribution in [2.45, 2.75) is 26.8 Å². The minimum Gasteiger partial charge on any atom is -0.337 e. The van der Waals surface area contributed by atoms with Crippen molar-refractivity contribution in [3.8, 4) is 11.4 Å². The monoisotopic (exact) mass is 310 g/mol. The standard InChI is InChI=1S/C12H15BrN4O/c1-12(2,3)9(14)11-16-10(17-18-11)7-4-8(13)6-15-5-7/h4-6,9H,14H2,1-3H3/t9-/m0/s1. The molecule has 5 nitrogen and oxygen atoms in total. The molecule has 0 bridgehead atoms. The van der Waals surface area contributed by atoms with E-state index in [0.29, 0.717) is 11.7 Å². The van der Waals surface area contributed by atoms with Gasteiger partial charge in [0.25, 0.3) is 0 Å². The number of nitrogens with zero attached hydrogens (tertiary/aromatic N) is 3. The molecular weight excluding hydrogens is 296 g/mol. The van der Waals surface area contributed by atoms with E-state index in [1.165, 1.54) is 0 Å². The average molecular weight is 311 g/mol. The van der Waals surface area contributed by atoms with Crippen LogP contribution in [0, 0.1) is 5.41 Å². The summed E-state index contributed by atoms with van der Waals surface area (Å²) in [5, 5.41) is 3.94. The highest BCUT2D eigenvalue weighted by Gasteiger charge is 2.27. The predicted octanol–water partition coefficient (Wildman–Crippen LogP) is 2.94. The van der Waals surface area contributed by atoms with Gasteiger partial charge >= 0.3 is 0 Å². The van der Waals surface area contributed by atoms with Gasteiger partial charge in [-0.1, -0.05) is 25.9 Å². The zero-order chi connectivity index (χ0) is 13.3. The third-order valence-corrected chi connectivity index (χ3v) is 3.04. The van der Waals surface area contributed by atoms with Gasteiger partial charge in [-0.2, -0.15) is 4.98 Å². The summed E-state index contributed by atoms with van der Waals surface area (Å²) in [4.78, 5) is 8.39. The Labute approximate surface area is 114 Å². The van der Waals surface area contributed by atoms with E-state index in [1.807, 2.05) is 26.8 Å². The normalized spacial score (nSPS) is 13.6. The van der Waals surface area contributed by atoms with Crippen molar-refractivity contribution < 1.29 is 4.52 Å². The van der Waals surface area contributed by atoms with Crippen LogP contribution in [0.3, 0.4) is 0 Å². The van der Waals surface area contributed by atoms with E-state index < -0.39 is 0 Å². The Kier molecular flexibility index (Phi) is 3.49. The van der Waals surface area contributed by atoms with Gasteiger partial charge in [0.1, 0.15) is 0 Å². The molecule has 0 spiro atoms. The lowest BCUT2D eigenvalue weighted by Gasteiger charge is -2.23. The van der Waals surface area contributed by atoms with E-state index in [-0.39, 0.29) is 11.5 Å². The van der Waals surface area contributed by atoms with Gasteiger partial charge in [-0.25, -0.2) is 0 Å². The highest BCUT2D eigenvalue weighted by molar-refractivity contribution is 9.10. The Morgan fingerprint density at radius 2 is 2.06 bits per heavy atom. The van der Waals surface area contributed by atoms with Gasteiger partial charge in [-0.05, 0) is 27.4 Å². The second-order valence-corrected chi connectivity index (χ2v) is 6.11. The molecule has 0 amide bonds. The Bertz CT molecular complexity index is 547. The minimum absolute atomic E-state index is 0.126. The second kappa shape index (κ2) is 4.78. The molecule has 18 heavy (non-hydrogen) atoms. The summed E-state index contributed by atoms with van der Waals surface area (Å²) in [6.45, 7) is 6.09. The van der Waals surface area contributed by atoms with Crippen LogP contribution in [-0.2, 0) is 0 Å². The van der Waals surface area contributed by atoms with E-state index in [0.717, 1.165) is 10.0 Å². The summed E-state index contributed by atoms with van der Waals surface area (Å²) in [5.74, 6) is 0.941. The van der Waals surface area contributed by atoms with Crippen LogP contribution in [0.4, 0.5) is 0 Å². The molecule has 2 N–H and O–H groups in total. The third kappa shape index (κ3) is 2.76. The van der Waals surface area contributed by atoms with Crippen molar-refractivity contribution in [2.75, 3.05) is 0 Å². The molecule has 0 aliphatic carbocycles. The molecule has 6 heteroatoms. The largest absolute Gasteiger partial charge is 0.337 e. The highest BCUT2D eigenvalue weighted by atomic mass is 79.9. The highest BCUT2D eigenvalue weighted by Crippen LogP contribution is 2.30. The first-order valence-corrected chi connectivity index (χ1v) is 6.37. The van der Waals surface area contributed by atoms with Crippen LogP contribution in [0.25, 0.3) is 11.4 Å². The SMILES string of the molecule is CC(C)(C)[C@@H](N)c1nc(-c2cncc(Br)c2)no1. The maximum absolute atomic E-state index is 6.07. The first-order valence-electron chi connectivity index (χ1n) is 5.58. The van der Waals surface area contributed by atoms with Crippen molar-refractivity contribution in [3.63, 3.8) is 0 Å². The third-order valence-electron chi connectivity index (χ3n) is 2.60. The molecular formula is C12H15BrN4O. The molecule has 0 fully saturated rings. The lowest BCUT2D eigenvalue weighted by molar-refractivity contribution is 0.253. The fourth-order valence-electron chi connectivity index (χ4n) is 1.38. The van der Waals surface area contributed by atoms with E-state index in [4.69, 9.17) is 10.3 Å². The number of halogens is 1. The van der Waals surface area contributed by atoms with Crippen LogP contribution in [0.1, 0.15) is 32.7 Å². The van der Waals surface area contributed by atoms with Gasteiger partial charge in [0, 0.05) is 22.4 Å². The van der Waals surface area contributed by atoms with Crippen molar-refractivity contribution in [3.05, 3.63) is 28.8 Å². The molecule has 0 saturated heterocycles. The minimum atomic E-state index is -0.293. The van der Waals surface area contributed by atoms with Crippen molar-refractivity contribution in [1.29, 1.82) is 0 Å². The molecule has 2 heterocycles. The summed E-state index contributed by atoms with van der Waals surface area (Å²) in [6, 6.07) is 1.59.